The van der Waals surface area contributed by atoms with Crippen molar-refractivity contribution in [2.45, 2.75) is 32.9 Å². The van der Waals surface area contributed by atoms with Crippen LogP contribution in [0, 0.1) is 6.92 Å². The molecule has 0 saturated heterocycles. The number of benzene rings is 1. The van der Waals surface area contributed by atoms with E-state index in [1.54, 1.807) is 6.92 Å². The largest absolute Gasteiger partial charge is 0.480 e. The first kappa shape index (κ1) is 11.1. The van der Waals surface area contributed by atoms with Crippen LogP contribution in [0.3, 0.4) is 0 Å². The lowest BCUT2D eigenvalue weighted by atomic mass is 9.97. The van der Waals surface area contributed by atoms with Gasteiger partial charge in [0.25, 0.3) is 0 Å². The fraction of sp³-hybridized carbons (Fsp3) is 0.462. The van der Waals surface area contributed by atoms with E-state index in [2.05, 4.69) is 25.1 Å². The molecule has 0 amide bonds. The van der Waals surface area contributed by atoms with Gasteiger partial charge in [0.15, 0.2) is 0 Å². The fourth-order valence-corrected chi connectivity index (χ4v) is 2.19. The van der Waals surface area contributed by atoms with Gasteiger partial charge in [-0.05, 0) is 31.4 Å². The van der Waals surface area contributed by atoms with Crippen molar-refractivity contribution in [3.8, 4) is 0 Å². The van der Waals surface area contributed by atoms with Gasteiger partial charge in [0.05, 0.1) is 0 Å². The molecule has 0 radical (unpaired) electrons. The molecule has 0 aromatic heterocycles. The zero-order valence-electron chi connectivity index (χ0n) is 9.73. The maximum atomic E-state index is 10.9. The summed E-state index contributed by atoms with van der Waals surface area (Å²) in [6.45, 7) is 5.43. The Morgan fingerprint density at radius 2 is 2.19 bits per heavy atom. The molecule has 0 aliphatic carbocycles. The van der Waals surface area contributed by atoms with Crippen LogP contribution in [-0.2, 0) is 17.8 Å². The highest BCUT2D eigenvalue weighted by Crippen LogP contribution is 2.21. The second kappa shape index (κ2) is 4.26. The zero-order chi connectivity index (χ0) is 11.7. The van der Waals surface area contributed by atoms with E-state index in [0.717, 1.165) is 19.5 Å². The standard InChI is InChI=1S/C13H17NO2/c1-9-3-4-12-8-14(10(2)13(15)16)6-5-11(12)7-9/h3-4,7,10H,5-6,8H2,1-2H3,(H,15,16). The number of aliphatic carboxylic acids is 1. The third-order valence-corrected chi connectivity index (χ3v) is 3.31. The number of carboxylic acids is 1. The molecule has 3 heteroatoms. The van der Waals surface area contributed by atoms with Crippen molar-refractivity contribution in [1.82, 2.24) is 4.90 Å². The SMILES string of the molecule is Cc1ccc2c(c1)CCN(C(C)C(=O)O)C2. The summed E-state index contributed by atoms with van der Waals surface area (Å²) in [5.74, 6) is -0.740. The Balaban J connectivity index is 2.18. The molecule has 0 bridgehead atoms. The van der Waals surface area contributed by atoms with E-state index in [9.17, 15) is 4.79 Å². The van der Waals surface area contributed by atoms with Crippen LogP contribution in [0.5, 0.6) is 0 Å². The molecule has 0 saturated carbocycles. The van der Waals surface area contributed by atoms with Crippen LogP contribution in [0.25, 0.3) is 0 Å². The van der Waals surface area contributed by atoms with E-state index in [0.29, 0.717) is 0 Å². The Morgan fingerprint density at radius 3 is 2.88 bits per heavy atom. The van der Waals surface area contributed by atoms with Crippen molar-refractivity contribution in [3.63, 3.8) is 0 Å². The van der Waals surface area contributed by atoms with Crippen LogP contribution in [-0.4, -0.2) is 28.6 Å². The summed E-state index contributed by atoms with van der Waals surface area (Å²) < 4.78 is 0. The van der Waals surface area contributed by atoms with Crippen LogP contribution >= 0.6 is 0 Å². The predicted octanol–water partition coefficient (Wildman–Crippen LogP) is 1.83. The molecule has 1 heterocycles. The minimum absolute atomic E-state index is 0.394. The zero-order valence-corrected chi connectivity index (χ0v) is 9.73. The van der Waals surface area contributed by atoms with Crippen LogP contribution in [0.2, 0.25) is 0 Å². The van der Waals surface area contributed by atoms with Crippen molar-refractivity contribution < 1.29 is 9.90 Å². The quantitative estimate of drug-likeness (QED) is 0.825. The maximum absolute atomic E-state index is 10.9. The van der Waals surface area contributed by atoms with E-state index in [-0.39, 0.29) is 0 Å². The van der Waals surface area contributed by atoms with E-state index in [1.807, 2.05) is 4.90 Å². The van der Waals surface area contributed by atoms with Crippen LogP contribution < -0.4 is 0 Å². The van der Waals surface area contributed by atoms with Crippen LogP contribution in [0.15, 0.2) is 18.2 Å². The molecule has 0 spiro atoms. The minimum Gasteiger partial charge on any atom is -0.480 e. The molecule has 1 unspecified atom stereocenters. The number of carbonyl (C=O) groups is 1. The highest BCUT2D eigenvalue weighted by atomic mass is 16.4. The molecule has 1 aliphatic heterocycles. The number of aryl methyl sites for hydroxylation is 1. The van der Waals surface area contributed by atoms with Gasteiger partial charge in [-0.2, -0.15) is 0 Å². The van der Waals surface area contributed by atoms with Crippen molar-refractivity contribution in [2.24, 2.45) is 0 Å². The lowest BCUT2D eigenvalue weighted by molar-refractivity contribution is -0.143. The second-order valence-electron chi connectivity index (χ2n) is 4.51. The van der Waals surface area contributed by atoms with Gasteiger partial charge in [-0.25, -0.2) is 0 Å². The summed E-state index contributed by atoms with van der Waals surface area (Å²) in [7, 11) is 0. The molecule has 0 fully saturated rings. The predicted molar refractivity (Wildman–Crippen MR) is 62.4 cm³/mol. The third-order valence-electron chi connectivity index (χ3n) is 3.31. The van der Waals surface area contributed by atoms with Crippen LogP contribution in [0.4, 0.5) is 0 Å². The molecule has 2 rings (SSSR count). The van der Waals surface area contributed by atoms with Crippen molar-refractivity contribution in [3.05, 3.63) is 34.9 Å². The molecule has 3 nitrogen and oxygen atoms in total. The summed E-state index contributed by atoms with van der Waals surface area (Å²) >= 11 is 0. The summed E-state index contributed by atoms with van der Waals surface area (Å²) in [6, 6.07) is 6.02. The van der Waals surface area contributed by atoms with Gasteiger partial charge in [-0.3, -0.25) is 9.69 Å². The number of fused-ring (bicyclic) bond motifs is 1. The molecular formula is C13H17NO2. The fourth-order valence-electron chi connectivity index (χ4n) is 2.19. The molecular weight excluding hydrogens is 202 g/mol. The van der Waals surface area contributed by atoms with Crippen molar-refractivity contribution in [2.75, 3.05) is 6.54 Å². The lowest BCUT2D eigenvalue weighted by Gasteiger charge is -2.31. The Bertz CT molecular complexity index is 414. The average molecular weight is 219 g/mol. The number of rotatable bonds is 2. The van der Waals surface area contributed by atoms with E-state index < -0.39 is 12.0 Å². The van der Waals surface area contributed by atoms with Crippen molar-refractivity contribution in [1.29, 1.82) is 0 Å². The molecule has 1 atom stereocenters. The Hall–Kier alpha value is -1.35. The average Bonchev–Trinajstić information content (AvgIpc) is 2.27. The normalized spacial score (nSPS) is 17.9. The molecule has 86 valence electrons. The molecule has 16 heavy (non-hydrogen) atoms. The molecule has 1 N–H and O–H groups in total. The Morgan fingerprint density at radius 1 is 1.44 bits per heavy atom. The van der Waals surface area contributed by atoms with E-state index in [1.165, 1.54) is 16.7 Å². The smallest absolute Gasteiger partial charge is 0.320 e. The Labute approximate surface area is 95.7 Å². The van der Waals surface area contributed by atoms with E-state index in [4.69, 9.17) is 5.11 Å². The van der Waals surface area contributed by atoms with Gasteiger partial charge in [0.1, 0.15) is 6.04 Å². The first-order valence-electron chi connectivity index (χ1n) is 5.63. The second-order valence-corrected chi connectivity index (χ2v) is 4.51. The van der Waals surface area contributed by atoms with Gasteiger partial charge < -0.3 is 5.11 Å². The summed E-state index contributed by atoms with van der Waals surface area (Å²) in [5, 5.41) is 8.98. The maximum Gasteiger partial charge on any atom is 0.320 e. The number of carboxylic acid groups (broad SMARTS) is 1. The highest BCUT2D eigenvalue weighted by molar-refractivity contribution is 5.72. The molecule has 1 aromatic rings. The van der Waals surface area contributed by atoms with Gasteiger partial charge in [-0.1, -0.05) is 23.8 Å². The van der Waals surface area contributed by atoms with Crippen molar-refractivity contribution >= 4 is 5.97 Å². The van der Waals surface area contributed by atoms with E-state index >= 15 is 0 Å². The van der Waals surface area contributed by atoms with Gasteiger partial charge >= 0.3 is 5.97 Å². The topological polar surface area (TPSA) is 40.5 Å². The first-order valence-corrected chi connectivity index (χ1v) is 5.63. The molecule has 1 aliphatic rings. The summed E-state index contributed by atoms with van der Waals surface area (Å²) in [5.41, 5.74) is 3.91. The Kier molecular flexibility index (Phi) is 2.97. The number of hydrogen-bond acceptors (Lipinski definition) is 2. The molecule has 1 aromatic carbocycles. The number of hydrogen-bond donors (Lipinski definition) is 1. The van der Waals surface area contributed by atoms with Crippen LogP contribution in [0.1, 0.15) is 23.6 Å². The summed E-state index contributed by atoms with van der Waals surface area (Å²) in [6.07, 6.45) is 0.953. The van der Waals surface area contributed by atoms with Gasteiger partial charge in [0.2, 0.25) is 0 Å². The highest BCUT2D eigenvalue weighted by Gasteiger charge is 2.24. The van der Waals surface area contributed by atoms with Gasteiger partial charge in [0, 0.05) is 13.1 Å². The van der Waals surface area contributed by atoms with Gasteiger partial charge in [-0.15, -0.1) is 0 Å². The number of nitrogens with zero attached hydrogens (tertiary/aromatic N) is 1. The first-order chi connectivity index (χ1) is 7.58. The minimum atomic E-state index is -0.740. The summed E-state index contributed by atoms with van der Waals surface area (Å²) in [4.78, 5) is 12.9. The monoisotopic (exact) mass is 219 g/mol. The lowest BCUT2D eigenvalue weighted by Crippen LogP contribution is -2.42. The third kappa shape index (κ3) is 2.09.